The molecular formula is C10H18O2. The van der Waals surface area contributed by atoms with Gasteiger partial charge in [-0.2, -0.15) is 0 Å². The molecule has 0 saturated carbocycles. The first-order valence-corrected chi connectivity index (χ1v) is 4.55. The van der Waals surface area contributed by atoms with Crippen molar-refractivity contribution in [2.24, 2.45) is 5.92 Å². The largest absolute Gasteiger partial charge is 0.348 e. The van der Waals surface area contributed by atoms with E-state index in [-0.39, 0.29) is 5.79 Å². The summed E-state index contributed by atoms with van der Waals surface area (Å²) in [7, 11) is 0. The van der Waals surface area contributed by atoms with Crippen molar-refractivity contribution in [3.8, 4) is 0 Å². The zero-order valence-corrected chi connectivity index (χ0v) is 8.01. The highest BCUT2D eigenvalue weighted by Crippen LogP contribution is 2.27. The Balaban J connectivity index is 2.32. The smallest absolute Gasteiger partial charge is 0.166 e. The van der Waals surface area contributed by atoms with Crippen molar-refractivity contribution in [3.63, 3.8) is 0 Å². The van der Waals surface area contributed by atoms with Crippen LogP contribution in [0, 0.1) is 5.92 Å². The van der Waals surface area contributed by atoms with E-state index in [1.54, 1.807) is 0 Å². The number of hydrogen-bond donors (Lipinski definition) is 0. The Morgan fingerprint density at radius 1 is 1.50 bits per heavy atom. The van der Waals surface area contributed by atoms with E-state index in [1.165, 1.54) is 0 Å². The highest BCUT2D eigenvalue weighted by Gasteiger charge is 2.31. The molecule has 0 aliphatic carbocycles. The minimum absolute atomic E-state index is 0.331. The molecule has 2 nitrogen and oxygen atoms in total. The van der Waals surface area contributed by atoms with Gasteiger partial charge in [-0.1, -0.05) is 13.0 Å². The van der Waals surface area contributed by atoms with Crippen LogP contribution >= 0.6 is 0 Å². The second-order valence-corrected chi connectivity index (χ2v) is 3.66. The van der Waals surface area contributed by atoms with Gasteiger partial charge in [0.1, 0.15) is 0 Å². The van der Waals surface area contributed by atoms with Gasteiger partial charge >= 0.3 is 0 Å². The molecule has 12 heavy (non-hydrogen) atoms. The lowest BCUT2D eigenvalue weighted by molar-refractivity contribution is -0.153. The van der Waals surface area contributed by atoms with Gasteiger partial charge in [-0.15, -0.1) is 6.58 Å². The average molecular weight is 170 g/mol. The molecule has 0 bridgehead atoms. The summed E-state index contributed by atoms with van der Waals surface area (Å²) in [5, 5.41) is 0. The van der Waals surface area contributed by atoms with Crippen molar-refractivity contribution >= 4 is 0 Å². The van der Waals surface area contributed by atoms with E-state index < -0.39 is 0 Å². The first-order valence-electron chi connectivity index (χ1n) is 4.55. The minimum atomic E-state index is -0.331. The molecule has 0 aromatic rings. The Kier molecular flexibility index (Phi) is 3.29. The van der Waals surface area contributed by atoms with Gasteiger partial charge in [0.2, 0.25) is 0 Å². The Labute approximate surface area is 74.6 Å². The molecule has 0 radical (unpaired) electrons. The summed E-state index contributed by atoms with van der Waals surface area (Å²) in [6.07, 6.45) is 3.93. The SMILES string of the molecule is C=CC[C@@H](C)CC1(C)OCCO1. The Morgan fingerprint density at radius 2 is 2.08 bits per heavy atom. The molecule has 1 aliphatic rings. The highest BCUT2D eigenvalue weighted by molar-refractivity contribution is 4.76. The average Bonchev–Trinajstić information content (AvgIpc) is 2.36. The Bertz CT molecular complexity index is 148. The molecule has 0 unspecified atom stereocenters. The number of ether oxygens (including phenoxy) is 2. The Hall–Kier alpha value is -0.340. The monoisotopic (exact) mass is 170 g/mol. The second kappa shape index (κ2) is 4.06. The van der Waals surface area contributed by atoms with Crippen LogP contribution in [0.2, 0.25) is 0 Å². The third-order valence-electron chi connectivity index (χ3n) is 2.19. The molecule has 2 heteroatoms. The van der Waals surface area contributed by atoms with Crippen LogP contribution in [0.3, 0.4) is 0 Å². The molecule has 1 heterocycles. The van der Waals surface area contributed by atoms with Crippen LogP contribution in [0.4, 0.5) is 0 Å². The summed E-state index contributed by atoms with van der Waals surface area (Å²) in [5.74, 6) is 0.258. The lowest BCUT2D eigenvalue weighted by atomic mass is 9.99. The molecule has 0 N–H and O–H groups in total. The first-order chi connectivity index (χ1) is 5.66. The van der Waals surface area contributed by atoms with E-state index in [1.807, 2.05) is 13.0 Å². The van der Waals surface area contributed by atoms with Crippen LogP contribution in [-0.2, 0) is 9.47 Å². The van der Waals surface area contributed by atoms with Gasteiger partial charge in [-0.25, -0.2) is 0 Å². The molecule has 0 aromatic heterocycles. The number of allylic oxidation sites excluding steroid dienone is 1. The van der Waals surface area contributed by atoms with E-state index in [9.17, 15) is 0 Å². The second-order valence-electron chi connectivity index (χ2n) is 3.66. The maximum atomic E-state index is 5.50. The van der Waals surface area contributed by atoms with E-state index in [0.717, 1.165) is 26.1 Å². The van der Waals surface area contributed by atoms with Crippen molar-refractivity contribution in [1.29, 1.82) is 0 Å². The Morgan fingerprint density at radius 3 is 2.58 bits per heavy atom. The van der Waals surface area contributed by atoms with Crippen molar-refractivity contribution in [3.05, 3.63) is 12.7 Å². The third-order valence-corrected chi connectivity index (χ3v) is 2.19. The third kappa shape index (κ3) is 2.61. The van der Waals surface area contributed by atoms with Crippen LogP contribution in [0.25, 0.3) is 0 Å². The molecule has 0 amide bonds. The van der Waals surface area contributed by atoms with E-state index in [4.69, 9.17) is 9.47 Å². The lowest BCUT2D eigenvalue weighted by Crippen LogP contribution is -2.27. The number of hydrogen-bond acceptors (Lipinski definition) is 2. The number of rotatable bonds is 4. The van der Waals surface area contributed by atoms with Gasteiger partial charge in [0.25, 0.3) is 0 Å². The summed E-state index contributed by atoms with van der Waals surface area (Å²) in [5.41, 5.74) is 0. The van der Waals surface area contributed by atoms with Gasteiger partial charge in [-0.3, -0.25) is 0 Å². The maximum absolute atomic E-state index is 5.50. The van der Waals surface area contributed by atoms with Crippen LogP contribution in [0.1, 0.15) is 26.7 Å². The minimum Gasteiger partial charge on any atom is -0.348 e. The van der Waals surface area contributed by atoms with Gasteiger partial charge < -0.3 is 9.47 Å². The predicted octanol–water partition coefficient (Wildman–Crippen LogP) is 2.35. The summed E-state index contributed by atoms with van der Waals surface area (Å²) in [6, 6.07) is 0. The van der Waals surface area contributed by atoms with Crippen molar-refractivity contribution in [2.45, 2.75) is 32.5 Å². The van der Waals surface area contributed by atoms with Crippen molar-refractivity contribution in [1.82, 2.24) is 0 Å². The van der Waals surface area contributed by atoms with Gasteiger partial charge in [0.05, 0.1) is 13.2 Å². The molecule has 1 aliphatic heterocycles. The van der Waals surface area contributed by atoms with Crippen LogP contribution in [0.15, 0.2) is 12.7 Å². The topological polar surface area (TPSA) is 18.5 Å². The van der Waals surface area contributed by atoms with Gasteiger partial charge in [0, 0.05) is 6.42 Å². The van der Waals surface area contributed by atoms with Gasteiger partial charge in [0.15, 0.2) is 5.79 Å². The molecular weight excluding hydrogens is 152 g/mol. The molecule has 1 rings (SSSR count). The summed E-state index contributed by atoms with van der Waals surface area (Å²) in [6.45, 7) is 9.39. The predicted molar refractivity (Wildman–Crippen MR) is 48.9 cm³/mol. The fourth-order valence-electron chi connectivity index (χ4n) is 1.68. The maximum Gasteiger partial charge on any atom is 0.166 e. The standard InChI is InChI=1S/C10H18O2/c1-4-5-9(2)8-10(3)11-6-7-12-10/h4,9H,1,5-8H2,2-3H3/t9-/m1/s1. The lowest BCUT2D eigenvalue weighted by Gasteiger charge is -2.25. The van der Waals surface area contributed by atoms with Crippen LogP contribution < -0.4 is 0 Å². The molecule has 1 saturated heterocycles. The van der Waals surface area contributed by atoms with Crippen molar-refractivity contribution < 1.29 is 9.47 Å². The molecule has 0 aromatic carbocycles. The quantitative estimate of drug-likeness (QED) is 0.603. The summed E-state index contributed by atoms with van der Waals surface area (Å²) < 4.78 is 11.0. The summed E-state index contributed by atoms with van der Waals surface area (Å²) >= 11 is 0. The van der Waals surface area contributed by atoms with E-state index in [2.05, 4.69) is 13.5 Å². The zero-order valence-electron chi connectivity index (χ0n) is 8.01. The normalized spacial score (nSPS) is 23.8. The van der Waals surface area contributed by atoms with Crippen LogP contribution in [-0.4, -0.2) is 19.0 Å². The van der Waals surface area contributed by atoms with E-state index >= 15 is 0 Å². The van der Waals surface area contributed by atoms with Gasteiger partial charge in [-0.05, 0) is 19.3 Å². The van der Waals surface area contributed by atoms with E-state index in [0.29, 0.717) is 5.92 Å². The zero-order chi connectivity index (χ0) is 9.03. The highest BCUT2D eigenvalue weighted by atomic mass is 16.7. The molecule has 70 valence electrons. The van der Waals surface area contributed by atoms with Crippen molar-refractivity contribution in [2.75, 3.05) is 13.2 Å². The first kappa shape index (κ1) is 9.75. The molecule has 0 spiro atoms. The molecule has 1 fully saturated rings. The van der Waals surface area contributed by atoms with Crippen LogP contribution in [0.5, 0.6) is 0 Å². The molecule has 1 atom stereocenters. The fraction of sp³-hybridized carbons (Fsp3) is 0.800. The summed E-state index contributed by atoms with van der Waals surface area (Å²) in [4.78, 5) is 0. The fourth-order valence-corrected chi connectivity index (χ4v) is 1.68.